The predicted octanol–water partition coefficient (Wildman–Crippen LogP) is -1.18. The van der Waals surface area contributed by atoms with E-state index in [0.717, 1.165) is 0 Å². The van der Waals surface area contributed by atoms with Crippen LogP contribution in [0.2, 0.25) is 0 Å². The number of aromatic nitrogens is 2. The third-order valence-electron chi connectivity index (χ3n) is 2.73. The van der Waals surface area contributed by atoms with E-state index in [1.807, 2.05) is 0 Å². The zero-order valence-corrected chi connectivity index (χ0v) is 9.08. The monoisotopic (exact) mass is 261 g/mol. The smallest absolute Gasteiger partial charge is 0.356 e. The molecule has 0 bridgehead atoms. The number of nitrogen functional groups attached to an aromatic ring is 1. The molecule has 2 heterocycles. The molecule has 9 heteroatoms. The first-order valence-electron chi connectivity index (χ1n) is 5.12. The number of hydrogen-bond acceptors (Lipinski definition) is 6. The summed E-state index contributed by atoms with van der Waals surface area (Å²) >= 11 is 0. The Hall–Kier alpha value is -1.71. The Labute approximate surface area is 100 Å². The first-order chi connectivity index (χ1) is 8.45. The van der Waals surface area contributed by atoms with E-state index >= 15 is 0 Å². The number of halogens is 1. The first-order valence-corrected chi connectivity index (χ1v) is 5.12. The van der Waals surface area contributed by atoms with Crippen LogP contribution in [0.4, 0.5) is 10.2 Å². The normalized spacial score (nSPS) is 31.7. The molecule has 8 nitrogen and oxygen atoms in total. The van der Waals surface area contributed by atoms with Crippen molar-refractivity contribution in [3.63, 3.8) is 0 Å². The van der Waals surface area contributed by atoms with Gasteiger partial charge >= 0.3 is 5.97 Å². The maximum absolute atomic E-state index is 13.7. The van der Waals surface area contributed by atoms with Crippen molar-refractivity contribution in [2.24, 2.45) is 0 Å². The molecule has 6 N–H and O–H groups in total. The van der Waals surface area contributed by atoms with Crippen molar-refractivity contribution in [1.29, 1.82) is 0 Å². The Kier molecular flexibility index (Phi) is 3.20. The van der Waals surface area contributed by atoms with Crippen molar-refractivity contribution in [3.05, 3.63) is 11.5 Å². The Morgan fingerprint density at radius 2 is 2.28 bits per heavy atom. The summed E-state index contributed by atoms with van der Waals surface area (Å²) in [7, 11) is 0. The number of nitrogens with zero attached hydrogens (tertiary/aromatic N) is 1. The highest BCUT2D eigenvalue weighted by atomic mass is 19.1. The van der Waals surface area contributed by atoms with E-state index in [1.165, 1.54) is 0 Å². The summed E-state index contributed by atoms with van der Waals surface area (Å²) in [6, 6.07) is 0. The van der Waals surface area contributed by atoms with Gasteiger partial charge in [0.25, 0.3) is 0 Å². The van der Waals surface area contributed by atoms with Gasteiger partial charge in [-0.2, -0.15) is 0 Å². The number of ether oxygens (including phenoxy) is 1. The topological polar surface area (TPSA) is 142 Å². The van der Waals surface area contributed by atoms with E-state index < -0.39 is 37.1 Å². The van der Waals surface area contributed by atoms with Crippen LogP contribution in [0.3, 0.4) is 0 Å². The van der Waals surface area contributed by atoms with Crippen LogP contribution in [0.25, 0.3) is 0 Å². The molecule has 0 aromatic carbocycles. The second-order valence-electron chi connectivity index (χ2n) is 3.90. The SMILES string of the molecule is Nc1nc([C@@H]2O[C@H](CO)[C@@H](O)[C@@H]2F)[nH]c1C(=O)O. The fourth-order valence-corrected chi connectivity index (χ4v) is 1.80. The zero-order valence-electron chi connectivity index (χ0n) is 9.08. The van der Waals surface area contributed by atoms with Gasteiger partial charge in [-0.15, -0.1) is 0 Å². The average Bonchev–Trinajstić information content (AvgIpc) is 2.82. The average molecular weight is 261 g/mol. The maximum Gasteiger partial charge on any atom is 0.356 e. The van der Waals surface area contributed by atoms with Gasteiger partial charge in [-0.3, -0.25) is 0 Å². The van der Waals surface area contributed by atoms with Crippen molar-refractivity contribution in [2.45, 2.75) is 24.5 Å². The van der Waals surface area contributed by atoms with Gasteiger partial charge in [0.05, 0.1) is 6.61 Å². The first kappa shape index (κ1) is 12.7. The Bertz CT molecular complexity index is 465. The molecule has 1 aliphatic heterocycles. The van der Waals surface area contributed by atoms with Crippen LogP contribution in [0.15, 0.2) is 0 Å². The number of carboxylic acid groups (broad SMARTS) is 1. The molecule has 4 atom stereocenters. The van der Waals surface area contributed by atoms with Crippen LogP contribution in [-0.4, -0.2) is 56.2 Å². The molecule has 0 amide bonds. The number of aromatic carboxylic acids is 1. The summed E-state index contributed by atoms with van der Waals surface area (Å²) in [5, 5.41) is 27.1. The summed E-state index contributed by atoms with van der Waals surface area (Å²) in [4.78, 5) is 16.7. The Balaban J connectivity index is 2.27. The molecule has 1 aromatic heterocycles. The van der Waals surface area contributed by atoms with Crippen molar-refractivity contribution >= 4 is 11.8 Å². The third-order valence-corrected chi connectivity index (χ3v) is 2.73. The number of aliphatic hydroxyl groups is 2. The van der Waals surface area contributed by atoms with Crippen molar-refractivity contribution in [1.82, 2.24) is 9.97 Å². The summed E-state index contributed by atoms with van der Waals surface area (Å²) in [6.07, 6.45) is -5.69. The number of aromatic amines is 1. The van der Waals surface area contributed by atoms with Crippen LogP contribution in [0, 0.1) is 0 Å². The number of rotatable bonds is 3. The number of nitrogens with two attached hydrogens (primary N) is 1. The van der Waals surface area contributed by atoms with Crippen LogP contribution in [-0.2, 0) is 4.74 Å². The highest BCUT2D eigenvalue weighted by molar-refractivity contribution is 5.90. The second kappa shape index (κ2) is 4.52. The summed E-state index contributed by atoms with van der Waals surface area (Å²) < 4.78 is 18.8. The summed E-state index contributed by atoms with van der Waals surface area (Å²) in [5.41, 5.74) is 4.97. The van der Waals surface area contributed by atoms with Gasteiger partial charge in [0.2, 0.25) is 0 Å². The van der Waals surface area contributed by atoms with Gasteiger partial charge in [-0.05, 0) is 0 Å². The minimum Gasteiger partial charge on any atom is -0.476 e. The molecule has 18 heavy (non-hydrogen) atoms. The van der Waals surface area contributed by atoms with Gasteiger partial charge < -0.3 is 30.8 Å². The van der Waals surface area contributed by atoms with Gasteiger partial charge in [-0.1, -0.05) is 0 Å². The number of carbonyl (C=O) groups is 1. The Morgan fingerprint density at radius 1 is 1.61 bits per heavy atom. The molecule has 0 aliphatic carbocycles. The van der Waals surface area contributed by atoms with Gasteiger partial charge in [-0.25, -0.2) is 14.2 Å². The lowest BCUT2D eigenvalue weighted by molar-refractivity contribution is -0.0246. The zero-order chi connectivity index (χ0) is 13.4. The molecule has 1 aromatic rings. The minimum atomic E-state index is -1.82. The molecule has 0 unspecified atom stereocenters. The molecule has 1 fully saturated rings. The van der Waals surface area contributed by atoms with E-state index in [9.17, 15) is 14.3 Å². The number of nitrogens with one attached hydrogen (secondary N) is 1. The highest BCUT2D eigenvalue weighted by Gasteiger charge is 2.46. The molecule has 1 saturated heterocycles. The van der Waals surface area contributed by atoms with Crippen LogP contribution in [0.5, 0.6) is 0 Å². The number of H-pyrrole nitrogens is 1. The lowest BCUT2D eigenvalue weighted by Crippen LogP contribution is -2.30. The van der Waals surface area contributed by atoms with Crippen LogP contribution in [0.1, 0.15) is 22.4 Å². The number of aliphatic hydroxyl groups excluding tert-OH is 2. The van der Waals surface area contributed by atoms with E-state index in [1.54, 1.807) is 0 Å². The number of alkyl halides is 1. The number of anilines is 1. The predicted molar refractivity (Wildman–Crippen MR) is 55.6 cm³/mol. The summed E-state index contributed by atoms with van der Waals surface area (Å²) in [6.45, 7) is -0.555. The maximum atomic E-state index is 13.7. The molecule has 0 spiro atoms. The highest BCUT2D eigenvalue weighted by Crippen LogP contribution is 2.34. The lowest BCUT2D eigenvalue weighted by atomic mass is 10.1. The molecular formula is C9H12FN3O5. The minimum absolute atomic E-state index is 0.132. The van der Waals surface area contributed by atoms with E-state index in [4.69, 9.17) is 20.7 Å². The lowest BCUT2D eigenvalue weighted by Gasteiger charge is -2.09. The molecule has 0 saturated carbocycles. The van der Waals surface area contributed by atoms with Crippen LogP contribution >= 0.6 is 0 Å². The van der Waals surface area contributed by atoms with Crippen molar-refractivity contribution in [2.75, 3.05) is 12.3 Å². The molecular weight excluding hydrogens is 249 g/mol. The largest absolute Gasteiger partial charge is 0.476 e. The van der Waals surface area contributed by atoms with Crippen LogP contribution < -0.4 is 5.73 Å². The number of imidazole rings is 1. The summed E-state index contributed by atoms with van der Waals surface area (Å²) in [5.74, 6) is -1.76. The van der Waals surface area contributed by atoms with E-state index in [-0.39, 0.29) is 17.3 Å². The fraction of sp³-hybridized carbons (Fsp3) is 0.556. The molecule has 100 valence electrons. The van der Waals surface area contributed by atoms with Crippen molar-refractivity contribution in [3.8, 4) is 0 Å². The molecule has 2 rings (SSSR count). The number of carboxylic acids is 1. The van der Waals surface area contributed by atoms with Gasteiger partial charge in [0.15, 0.2) is 17.7 Å². The quantitative estimate of drug-likeness (QED) is 0.461. The van der Waals surface area contributed by atoms with Gasteiger partial charge in [0, 0.05) is 0 Å². The van der Waals surface area contributed by atoms with Gasteiger partial charge in [0.1, 0.15) is 24.1 Å². The second-order valence-corrected chi connectivity index (χ2v) is 3.90. The fourth-order valence-electron chi connectivity index (χ4n) is 1.80. The Morgan fingerprint density at radius 3 is 2.72 bits per heavy atom. The third kappa shape index (κ3) is 1.92. The molecule has 0 radical (unpaired) electrons. The standard InChI is InChI=1S/C9H12FN3O5/c10-3-5(15)2(1-14)18-6(3)8-12-4(9(16)17)7(11)13-8/h2-3,5-6,14-15H,1,11H2,(H,12,13)(H,16,17)/t2-,3+,5-,6-/m1/s1. The number of hydrogen-bond donors (Lipinski definition) is 5. The van der Waals surface area contributed by atoms with Crippen molar-refractivity contribution < 1.29 is 29.2 Å². The van der Waals surface area contributed by atoms with E-state index in [0.29, 0.717) is 0 Å². The van der Waals surface area contributed by atoms with E-state index in [2.05, 4.69) is 9.97 Å². The molecule has 1 aliphatic rings.